The Labute approximate surface area is 138 Å². The molecule has 0 radical (unpaired) electrons. The molecule has 1 aliphatic carbocycles. The van der Waals surface area contributed by atoms with Gasteiger partial charge in [0.05, 0.1) is 6.04 Å². The molecule has 0 aromatic heterocycles. The fourth-order valence-electron chi connectivity index (χ4n) is 3.39. The first-order valence-electron chi connectivity index (χ1n) is 8.46. The molecule has 0 spiro atoms. The lowest BCUT2D eigenvalue weighted by atomic mass is 9.92. The summed E-state index contributed by atoms with van der Waals surface area (Å²) >= 11 is 0. The highest BCUT2D eigenvalue weighted by molar-refractivity contribution is 5.74. The molecule has 0 aliphatic heterocycles. The first-order valence-corrected chi connectivity index (χ1v) is 8.46. The third-order valence-corrected chi connectivity index (χ3v) is 4.61. The second-order valence-corrected chi connectivity index (χ2v) is 6.25. The maximum absolute atomic E-state index is 12.3. The van der Waals surface area contributed by atoms with Gasteiger partial charge in [0.1, 0.15) is 0 Å². The topological polar surface area (TPSA) is 41.1 Å². The van der Waals surface area contributed by atoms with Crippen molar-refractivity contribution >= 4 is 6.03 Å². The van der Waals surface area contributed by atoms with Crippen LogP contribution in [0, 0.1) is 5.92 Å². The van der Waals surface area contributed by atoms with E-state index in [2.05, 4.69) is 22.8 Å². The van der Waals surface area contributed by atoms with Crippen LogP contribution in [0.4, 0.5) is 4.79 Å². The molecule has 2 aromatic carbocycles. The Morgan fingerprint density at radius 1 is 0.957 bits per heavy atom. The first kappa shape index (κ1) is 15.6. The van der Waals surface area contributed by atoms with E-state index in [0.717, 1.165) is 5.56 Å². The lowest BCUT2D eigenvalue weighted by Gasteiger charge is -2.25. The van der Waals surface area contributed by atoms with Gasteiger partial charge in [-0.25, -0.2) is 4.79 Å². The van der Waals surface area contributed by atoms with Crippen LogP contribution in [0.15, 0.2) is 60.7 Å². The second-order valence-electron chi connectivity index (χ2n) is 6.25. The van der Waals surface area contributed by atoms with Gasteiger partial charge in [0.15, 0.2) is 0 Å². The first-order chi connectivity index (χ1) is 11.3. The van der Waals surface area contributed by atoms with Crippen molar-refractivity contribution in [3.63, 3.8) is 0 Å². The van der Waals surface area contributed by atoms with E-state index in [1.165, 1.54) is 31.2 Å². The van der Waals surface area contributed by atoms with Crippen molar-refractivity contribution in [2.45, 2.75) is 38.3 Å². The lowest BCUT2D eigenvalue weighted by molar-refractivity contribution is 0.230. The van der Waals surface area contributed by atoms with Gasteiger partial charge in [-0.05, 0) is 29.9 Å². The minimum absolute atomic E-state index is 0.0883. The molecule has 1 saturated carbocycles. The van der Waals surface area contributed by atoms with E-state index in [-0.39, 0.29) is 12.1 Å². The largest absolute Gasteiger partial charge is 0.334 e. The van der Waals surface area contributed by atoms with Crippen LogP contribution in [0.3, 0.4) is 0 Å². The maximum atomic E-state index is 12.3. The fourth-order valence-corrected chi connectivity index (χ4v) is 3.39. The summed E-state index contributed by atoms with van der Waals surface area (Å²) in [5, 5.41) is 6.17. The van der Waals surface area contributed by atoms with Crippen molar-refractivity contribution in [2.75, 3.05) is 0 Å². The third kappa shape index (κ3) is 4.35. The predicted octanol–water partition coefficient (Wildman–Crippen LogP) is 4.42. The van der Waals surface area contributed by atoms with Crippen LogP contribution >= 0.6 is 0 Å². The predicted molar refractivity (Wildman–Crippen MR) is 93.0 cm³/mol. The highest BCUT2D eigenvalue weighted by Gasteiger charge is 2.27. The molecule has 0 saturated heterocycles. The highest BCUT2D eigenvalue weighted by atomic mass is 16.2. The van der Waals surface area contributed by atoms with Crippen molar-refractivity contribution in [2.24, 2.45) is 5.92 Å². The minimum atomic E-state index is -0.0883. The molecule has 3 rings (SSSR count). The van der Waals surface area contributed by atoms with E-state index in [0.29, 0.717) is 12.5 Å². The molecule has 1 aliphatic rings. The average molecular weight is 308 g/mol. The number of carbonyl (C=O) groups is 1. The Hall–Kier alpha value is -2.29. The lowest BCUT2D eigenvalue weighted by Crippen LogP contribution is -2.39. The van der Waals surface area contributed by atoms with Crippen LogP contribution in [-0.2, 0) is 6.54 Å². The van der Waals surface area contributed by atoms with Crippen LogP contribution in [0.5, 0.6) is 0 Å². The molecule has 2 N–H and O–H groups in total. The van der Waals surface area contributed by atoms with Crippen molar-refractivity contribution in [3.8, 4) is 0 Å². The Morgan fingerprint density at radius 2 is 1.57 bits per heavy atom. The van der Waals surface area contributed by atoms with Gasteiger partial charge in [-0.1, -0.05) is 73.5 Å². The average Bonchev–Trinajstić information content (AvgIpc) is 3.14. The van der Waals surface area contributed by atoms with E-state index >= 15 is 0 Å². The third-order valence-electron chi connectivity index (χ3n) is 4.61. The number of hydrogen-bond acceptors (Lipinski definition) is 1. The molecule has 120 valence electrons. The normalized spacial score (nSPS) is 16.0. The standard InChI is InChI=1S/C20H24N2O/c23-20(21-15-16-9-3-1-4-10-16)22-19(18-13-7-8-14-18)17-11-5-2-6-12-17/h1-6,9-12,18-19H,7-8,13-15H2,(H2,21,22,23). The van der Waals surface area contributed by atoms with Gasteiger partial charge in [-0.15, -0.1) is 0 Å². The van der Waals surface area contributed by atoms with Gasteiger partial charge in [-0.2, -0.15) is 0 Å². The molecule has 0 bridgehead atoms. The van der Waals surface area contributed by atoms with Crippen LogP contribution in [-0.4, -0.2) is 6.03 Å². The smallest absolute Gasteiger partial charge is 0.315 e. The number of hydrogen-bond donors (Lipinski definition) is 2. The summed E-state index contributed by atoms with van der Waals surface area (Å²) in [5.41, 5.74) is 2.31. The highest BCUT2D eigenvalue weighted by Crippen LogP contribution is 2.35. The zero-order valence-corrected chi connectivity index (χ0v) is 13.4. The SMILES string of the molecule is O=C(NCc1ccccc1)NC(c1ccccc1)C1CCCC1. The molecular formula is C20H24N2O. The van der Waals surface area contributed by atoms with Gasteiger partial charge < -0.3 is 10.6 Å². The van der Waals surface area contributed by atoms with E-state index in [1.807, 2.05) is 48.5 Å². The van der Waals surface area contributed by atoms with E-state index in [9.17, 15) is 4.79 Å². The summed E-state index contributed by atoms with van der Waals surface area (Å²) in [5.74, 6) is 0.542. The van der Waals surface area contributed by atoms with Crippen molar-refractivity contribution in [1.29, 1.82) is 0 Å². The summed E-state index contributed by atoms with van der Waals surface area (Å²) < 4.78 is 0. The molecular weight excluding hydrogens is 284 g/mol. The Kier molecular flexibility index (Phi) is 5.30. The van der Waals surface area contributed by atoms with Crippen molar-refractivity contribution < 1.29 is 4.79 Å². The van der Waals surface area contributed by atoms with Crippen LogP contribution < -0.4 is 10.6 Å². The quantitative estimate of drug-likeness (QED) is 0.843. The molecule has 2 amide bonds. The van der Waals surface area contributed by atoms with Crippen LogP contribution in [0.25, 0.3) is 0 Å². The molecule has 2 aromatic rings. The van der Waals surface area contributed by atoms with E-state index < -0.39 is 0 Å². The zero-order valence-electron chi connectivity index (χ0n) is 13.4. The fraction of sp³-hybridized carbons (Fsp3) is 0.350. The molecule has 1 unspecified atom stereocenters. The Morgan fingerprint density at radius 3 is 2.22 bits per heavy atom. The molecule has 0 heterocycles. The number of amides is 2. The number of nitrogens with one attached hydrogen (secondary N) is 2. The molecule has 23 heavy (non-hydrogen) atoms. The van der Waals surface area contributed by atoms with Gasteiger partial charge in [0, 0.05) is 6.54 Å². The molecule has 3 heteroatoms. The van der Waals surface area contributed by atoms with E-state index in [1.54, 1.807) is 0 Å². The zero-order chi connectivity index (χ0) is 15.9. The summed E-state index contributed by atoms with van der Waals surface area (Å²) in [4.78, 5) is 12.3. The number of urea groups is 1. The number of rotatable bonds is 5. The summed E-state index contributed by atoms with van der Waals surface area (Å²) in [7, 11) is 0. The van der Waals surface area contributed by atoms with Crippen LogP contribution in [0.2, 0.25) is 0 Å². The van der Waals surface area contributed by atoms with Gasteiger partial charge in [0.25, 0.3) is 0 Å². The Bertz CT molecular complexity index is 606. The van der Waals surface area contributed by atoms with Crippen LogP contribution in [0.1, 0.15) is 42.9 Å². The minimum Gasteiger partial charge on any atom is -0.334 e. The molecule has 3 nitrogen and oxygen atoms in total. The number of carbonyl (C=O) groups excluding carboxylic acids is 1. The van der Waals surface area contributed by atoms with Crippen molar-refractivity contribution in [3.05, 3.63) is 71.8 Å². The Balaban J connectivity index is 1.62. The summed E-state index contributed by atoms with van der Waals surface area (Å²) in [6, 6.07) is 20.3. The van der Waals surface area contributed by atoms with Gasteiger partial charge in [-0.3, -0.25) is 0 Å². The summed E-state index contributed by atoms with van der Waals surface area (Å²) in [6.07, 6.45) is 4.92. The molecule has 1 atom stereocenters. The number of benzene rings is 2. The summed E-state index contributed by atoms with van der Waals surface area (Å²) in [6.45, 7) is 0.554. The van der Waals surface area contributed by atoms with E-state index in [4.69, 9.17) is 0 Å². The second kappa shape index (κ2) is 7.82. The van der Waals surface area contributed by atoms with Gasteiger partial charge >= 0.3 is 6.03 Å². The van der Waals surface area contributed by atoms with Gasteiger partial charge in [0.2, 0.25) is 0 Å². The van der Waals surface area contributed by atoms with Crippen molar-refractivity contribution in [1.82, 2.24) is 10.6 Å². The molecule has 1 fully saturated rings. The monoisotopic (exact) mass is 308 g/mol. The maximum Gasteiger partial charge on any atom is 0.315 e.